The van der Waals surface area contributed by atoms with Gasteiger partial charge in [0, 0.05) is 13.1 Å². The number of hydrogen-bond acceptors (Lipinski definition) is 8. The molecular formula is C21H21F3N8O2. The number of rotatable bonds is 6. The van der Waals surface area contributed by atoms with Gasteiger partial charge in [-0.25, -0.2) is 14.5 Å². The zero-order chi connectivity index (χ0) is 23.7. The molecule has 0 unspecified atom stereocenters. The van der Waals surface area contributed by atoms with Crippen LogP contribution in [0.15, 0.2) is 36.7 Å². The van der Waals surface area contributed by atoms with Crippen LogP contribution in [0.1, 0.15) is 11.5 Å². The Morgan fingerprint density at radius 3 is 2.59 bits per heavy atom. The molecule has 4 aromatic rings. The lowest BCUT2D eigenvalue weighted by Gasteiger charge is -2.27. The highest BCUT2D eigenvalue weighted by molar-refractivity contribution is 5.65. The Bertz CT molecular complexity index is 1280. The van der Waals surface area contributed by atoms with Crippen molar-refractivity contribution in [3.63, 3.8) is 0 Å². The molecule has 0 radical (unpaired) electrons. The monoisotopic (exact) mass is 474 g/mol. The van der Waals surface area contributed by atoms with Crippen molar-refractivity contribution in [2.24, 2.45) is 0 Å². The molecule has 10 nitrogen and oxygen atoms in total. The number of ether oxygens (including phenoxy) is 2. The topological polar surface area (TPSA) is 105 Å². The van der Waals surface area contributed by atoms with Crippen LogP contribution in [0.2, 0.25) is 0 Å². The second-order valence-electron chi connectivity index (χ2n) is 7.56. The molecule has 0 aliphatic carbocycles. The van der Waals surface area contributed by atoms with Crippen LogP contribution >= 0.6 is 0 Å². The highest BCUT2D eigenvalue weighted by Gasteiger charge is 2.36. The smallest absolute Gasteiger partial charge is 0.435 e. The van der Waals surface area contributed by atoms with Crippen LogP contribution < -0.4 is 15.0 Å². The molecule has 1 saturated heterocycles. The molecule has 0 bridgehead atoms. The van der Waals surface area contributed by atoms with Gasteiger partial charge in [-0.2, -0.15) is 18.2 Å². The third kappa shape index (κ3) is 4.33. The first-order valence-corrected chi connectivity index (χ1v) is 10.5. The van der Waals surface area contributed by atoms with E-state index in [0.717, 1.165) is 27.7 Å². The van der Waals surface area contributed by atoms with E-state index in [1.807, 2.05) is 24.3 Å². The maximum atomic E-state index is 13.5. The number of aromatic amines is 1. The molecular weight excluding hydrogens is 453 g/mol. The van der Waals surface area contributed by atoms with Gasteiger partial charge in [0.25, 0.3) is 0 Å². The number of aromatic nitrogens is 6. The Kier molecular flexibility index (Phi) is 5.69. The predicted molar refractivity (Wildman–Crippen MR) is 117 cm³/mol. The number of imidazole rings is 2. The van der Waals surface area contributed by atoms with Crippen molar-refractivity contribution in [2.45, 2.75) is 12.7 Å². The van der Waals surface area contributed by atoms with Gasteiger partial charge in [-0.15, -0.1) is 5.10 Å². The number of morpholine rings is 1. The lowest BCUT2D eigenvalue weighted by atomic mass is 10.2. The number of H-pyrrole nitrogens is 1. The largest absolute Gasteiger partial charge is 0.497 e. The zero-order valence-corrected chi connectivity index (χ0v) is 18.1. The lowest BCUT2D eigenvalue weighted by Crippen LogP contribution is -2.38. The van der Waals surface area contributed by atoms with E-state index in [1.54, 1.807) is 18.2 Å². The van der Waals surface area contributed by atoms with Gasteiger partial charge < -0.3 is 24.7 Å². The molecule has 0 saturated carbocycles. The minimum atomic E-state index is -4.61. The van der Waals surface area contributed by atoms with E-state index in [0.29, 0.717) is 32.1 Å². The van der Waals surface area contributed by atoms with Gasteiger partial charge in [-0.05, 0) is 29.8 Å². The molecule has 5 rings (SSSR count). The average molecular weight is 474 g/mol. The summed E-state index contributed by atoms with van der Waals surface area (Å²) in [4.78, 5) is 17.7. The van der Waals surface area contributed by atoms with Crippen LogP contribution in [0.3, 0.4) is 0 Å². The summed E-state index contributed by atoms with van der Waals surface area (Å²) in [6, 6.07) is 7.48. The van der Waals surface area contributed by atoms with E-state index in [-0.39, 0.29) is 24.0 Å². The number of benzene rings is 1. The molecule has 1 fully saturated rings. The Labute approximate surface area is 191 Å². The number of fused-ring (bicyclic) bond motifs is 1. The van der Waals surface area contributed by atoms with Crippen LogP contribution in [-0.2, 0) is 17.5 Å². The standard InChI is InChI=1S/C21H21F3N8O2/c1-33-14-4-2-13(3-5-14)15-10-25-17(28-15)12-26-18-19-27-11-16(21(22,23)24)32(19)30-20(29-18)31-6-8-34-9-7-31/h2-5,10-11H,6-9,12H2,1H3,(H,25,28)(H,26,29,30). The molecule has 4 heterocycles. The van der Waals surface area contributed by atoms with Crippen molar-refractivity contribution < 1.29 is 22.6 Å². The molecule has 0 amide bonds. The van der Waals surface area contributed by atoms with E-state index >= 15 is 0 Å². The normalized spacial score (nSPS) is 14.5. The van der Waals surface area contributed by atoms with Crippen LogP contribution in [0.4, 0.5) is 24.9 Å². The first kappa shape index (κ1) is 21.9. The number of nitrogens with one attached hydrogen (secondary N) is 2. The number of methoxy groups -OCH3 is 1. The van der Waals surface area contributed by atoms with E-state index in [2.05, 4.69) is 30.4 Å². The summed E-state index contributed by atoms with van der Waals surface area (Å²) in [6.07, 6.45) is -2.17. The lowest BCUT2D eigenvalue weighted by molar-refractivity contribution is -0.142. The molecule has 2 N–H and O–H groups in total. The van der Waals surface area contributed by atoms with Crippen molar-refractivity contribution in [2.75, 3.05) is 43.6 Å². The van der Waals surface area contributed by atoms with Crippen LogP contribution in [0.25, 0.3) is 16.9 Å². The number of nitrogens with zero attached hydrogens (tertiary/aromatic N) is 6. The highest BCUT2D eigenvalue weighted by atomic mass is 19.4. The van der Waals surface area contributed by atoms with Crippen LogP contribution in [0, 0.1) is 0 Å². The second kappa shape index (κ2) is 8.82. The Morgan fingerprint density at radius 2 is 1.88 bits per heavy atom. The van der Waals surface area contributed by atoms with Gasteiger partial charge in [0.05, 0.1) is 45.0 Å². The fourth-order valence-electron chi connectivity index (χ4n) is 3.62. The molecule has 13 heteroatoms. The zero-order valence-electron chi connectivity index (χ0n) is 18.1. The summed E-state index contributed by atoms with van der Waals surface area (Å²) in [5.41, 5.74) is 0.719. The Morgan fingerprint density at radius 1 is 1.12 bits per heavy atom. The van der Waals surface area contributed by atoms with Crippen molar-refractivity contribution in [3.8, 4) is 17.0 Å². The fourth-order valence-corrected chi connectivity index (χ4v) is 3.62. The van der Waals surface area contributed by atoms with Gasteiger partial charge in [0.15, 0.2) is 17.2 Å². The van der Waals surface area contributed by atoms with Gasteiger partial charge in [0.2, 0.25) is 5.95 Å². The molecule has 34 heavy (non-hydrogen) atoms. The molecule has 0 atom stereocenters. The minimum Gasteiger partial charge on any atom is -0.497 e. The summed E-state index contributed by atoms with van der Waals surface area (Å²) in [5.74, 6) is 1.67. The Hall–Kier alpha value is -3.87. The van der Waals surface area contributed by atoms with Gasteiger partial charge in [-0.1, -0.05) is 0 Å². The van der Waals surface area contributed by atoms with Crippen molar-refractivity contribution >= 4 is 17.4 Å². The summed E-state index contributed by atoms with van der Waals surface area (Å²) in [6.45, 7) is 2.04. The van der Waals surface area contributed by atoms with Gasteiger partial charge in [-0.3, -0.25) is 0 Å². The molecule has 1 aliphatic heterocycles. The van der Waals surface area contributed by atoms with E-state index in [1.165, 1.54) is 0 Å². The highest BCUT2D eigenvalue weighted by Crippen LogP contribution is 2.31. The summed E-state index contributed by atoms with van der Waals surface area (Å²) >= 11 is 0. The van der Waals surface area contributed by atoms with Gasteiger partial charge in [0.1, 0.15) is 11.6 Å². The Balaban J connectivity index is 1.42. The number of halogens is 3. The quantitative estimate of drug-likeness (QED) is 0.440. The summed E-state index contributed by atoms with van der Waals surface area (Å²) < 4.78 is 51.8. The third-order valence-corrected chi connectivity index (χ3v) is 5.39. The van der Waals surface area contributed by atoms with E-state index < -0.39 is 11.9 Å². The maximum Gasteiger partial charge on any atom is 0.435 e. The summed E-state index contributed by atoms with van der Waals surface area (Å²) in [7, 11) is 1.60. The van der Waals surface area contributed by atoms with E-state index in [4.69, 9.17) is 9.47 Å². The molecule has 1 aromatic carbocycles. The minimum absolute atomic E-state index is 0.0220. The first-order chi connectivity index (χ1) is 16.4. The summed E-state index contributed by atoms with van der Waals surface area (Å²) in [5, 5.41) is 7.18. The van der Waals surface area contributed by atoms with E-state index in [9.17, 15) is 13.2 Å². The molecule has 178 valence electrons. The number of alkyl halides is 3. The third-order valence-electron chi connectivity index (χ3n) is 5.39. The molecule has 3 aromatic heterocycles. The predicted octanol–water partition coefficient (Wildman–Crippen LogP) is 2.99. The van der Waals surface area contributed by atoms with Crippen molar-refractivity contribution in [3.05, 3.63) is 48.2 Å². The fraction of sp³-hybridized carbons (Fsp3) is 0.333. The van der Waals surface area contributed by atoms with Crippen LogP contribution in [0.5, 0.6) is 5.75 Å². The molecule has 0 spiro atoms. The van der Waals surface area contributed by atoms with Crippen LogP contribution in [-0.4, -0.2) is 63.0 Å². The maximum absolute atomic E-state index is 13.5. The van der Waals surface area contributed by atoms with Gasteiger partial charge >= 0.3 is 6.18 Å². The molecule has 1 aliphatic rings. The number of anilines is 2. The number of hydrogen-bond donors (Lipinski definition) is 2. The van der Waals surface area contributed by atoms with Crippen molar-refractivity contribution in [1.29, 1.82) is 0 Å². The van der Waals surface area contributed by atoms with Crippen molar-refractivity contribution in [1.82, 2.24) is 29.5 Å². The first-order valence-electron chi connectivity index (χ1n) is 10.5. The SMILES string of the molecule is COc1ccc(-c2cnc(CNc3nc(N4CCOCC4)nn4c(C(F)(F)F)cnc34)[nH]2)cc1. The second-order valence-corrected chi connectivity index (χ2v) is 7.56. The average Bonchev–Trinajstić information content (AvgIpc) is 3.50.